The number of nitrogens with zero attached hydrogens (tertiary/aromatic N) is 2. The molecule has 116 valence electrons. The van der Waals surface area contributed by atoms with Gasteiger partial charge in [-0.1, -0.05) is 0 Å². The van der Waals surface area contributed by atoms with Gasteiger partial charge in [-0.05, 0) is 0 Å². The van der Waals surface area contributed by atoms with E-state index in [-0.39, 0.29) is 25.6 Å². The summed E-state index contributed by atoms with van der Waals surface area (Å²) in [6.07, 6.45) is -0.140. The first-order chi connectivity index (χ1) is 9.85. The molecule has 0 aliphatic carbocycles. The molecule has 2 fully saturated rings. The van der Waals surface area contributed by atoms with Crippen LogP contribution in [-0.2, 0) is 18.3 Å². The van der Waals surface area contributed by atoms with Crippen molar-refractivity contribution in [3.05, 3.63) is 22.5 Å². The SMILES string of the molecule is Nc1nc(=O)n([C@@H]2C[C@@H]3COP(=O)([O-])OC[C@H]3O2)cc1F. The van der Waals surface area contributed by atoms with Crippen molar-refractivity contribution in [1.82, 2.24) is 9.55 Å². The molecule has 0 aromatic carbocycles. The monoisotopic (exact) mass is 320 g/mol. The van der Waals surface area contributed by atoms with Crippen molar-refractivity contribution >= 4 is 13.6 Å². The number of nitrogen functional groups attached to an aromatic ring is 1. The number of anilines is 1. The number of ether oxygens (including phenoxy) is 1. The van der Waals surface area contributed by atoms with Crippen LogP contribution < -0.4 is 16.3 Å². The predicted octanol–water partition coefficient (Wildman–Crippen LogP) is -0.617. The number of nitrogens with two attached hydrogens (primary N) is 1. The quantitative estimate of drug-likeness (QED) is 0.678. The number of hydrogen-bond acceptors (Lipinski definition) is 8. The van der Waals surface area contributed by atoms with Crippen molar-refractivity contribution in [1.29, 1.82) is 0 Å². The van der Waals surface area contributed by atoms with E-state index in [0.717, 1.165) is 10.8 Å². The Kier molecular flexibility index (Phi) is 3.58. The molecule has 3 heterocycles. The van der Waals surface area contributed by atoms with Crippen LogP contribution in [0, 0.1) is 11.7 Å². The van der Waals surface area contributed by atoms with Crippen LogP contribution in [0.3, 0.4) is 0 Å². The zero-order valence-corrected chi connectivity index (χ0v) is 11.6. The Morgan fingerprint density at radius 1 is 1.48 bits per heavy atom. The van der Waals surface area contributed by atoms with Gasteiger partial charge >= 0.3 is 5.69 Å². The highest BCUT2D eigenvalue weighted by molar-refractivity contribution is 7.45. The maximum atomic E-state index is 13.4. The smallest absolute Gasteiger partial charge is 0.351 e. The number of phosphoric acid groups is 1. The third kappa shape index (κ3) is 2.85. The first kappa shape index (κ1) is 14.6. The molecule has 1 unspecified atom stereocenters. The van der Waals surface area contributed by atoms with Gasteiger partial charge in [0, 0.05) is 12.3 Å². The molecule has 1 aromatic rings. The molecule has 1 aromatic heterocycles. The van der Waals surface area contributed by atoms with Gasteiger partial charge in [-0.15, -0.1) is 0 Å². The van der Waals surface area contributed by atoms with Crippen LogP contribution in [0.5, 0.6) is 0 Å². The molecular formula is C10H12FN3O6P-. The third-order valence-corrected chi connectivity index (χ3v) is 4.38. The second-order valence-corrected chi connectivity index (χ2v) is 6.24. The molecular weight excluding hydrogens is 308 g/mol. The Hall–Kier alpha value is -1.32. The maximum Gasteiger partial charge on any atom is 0.351 e. The number of fused-ring (bicyclic) bond motifs is 1. The molecule has 2 aliphatic rings. The molecule has 2 aliphatic heterocycles. The van der Waals surface area contributed by atoms with Crippen molar-refractivity contribution in [2.45, 2.75) is 18.8 Å². The fourth-order valence-electron chi connectivity index (χ4n) is 2.36. The number of halogens is 1. The Balaban J connectivity index is 1.81. The fraction of sp³-hybridized carbons (Fsp3) is 0.600. The number of phosphoric ester groups is 1. The lowest BCUT2D eigenvalue weighted by molar-refractivity contribution is -0.224. The van der Waals surface area contributed by atoms with Gasteiger partial charge in [0.05, 0.1) is 25.5 Å². The van der Waals surface area contributed by atoms with Gasteiger partial charge < -0.3 is 24.4 Å². The van der Waals surface area contributed by atoms with Crippen LogP contribution >= 0.6 is 7.82 Å². The summed E-state index contributed by atoms with van der Waals surface area (Å²) in [4.78, 5) is 26.3. The molecule has 0 bridgehead atoms. The van der Waals surface area contributed by atoms with Gasteiger partial charge in [0.2, 0.25) is 0 Å². The van der Waals surface area contributed by atoms with Gasteiger partial charge in [0.25, 0.3) is 7.82 Å². The molecule has 0 spiro atoms. The molecule has 0 amide bonds. The Bertz CT molecular complexity index is 647. The number of rotatable bonds is 1. The van der Waals surface area contributed by atoms with Gasteiger partial charge in [0.1, 0.15) is 6.23 Å². The molecule has 2 N–H and O–H groups in total. The molecule has 0 radical (unpaired) electrons. The standard InChI is InChI=1S/C10H13FN3O6P/c11-6-2-14(10(15)13-9(6)12)8-1-5-3-18-21(16,17)19-4-7(5)20-8/h2,5,7-8H,1,3-4H2,(H,16,17)(H2,12,13,15)/p-1/t5-,7-,8+/m1/s1. The Morgan fingerprint density at radius 3 is 2.95 bits per heavy atom. The lowest BCUT2D eigenvalue weighted by Gasteiger charge is -2.21. The first-order valence-electron chi connectivity index (χ1n) is 6.15. The highest BCUT2D eigenvalue weighted by Gasteiger charge is 2.40. The summed E-state index contributed by atoms with van der Waals surface area (Å²) >= 11 is 0. The summed E-state index contributed by atoms with van der Waals surface area (Å²) in [7, 11) is -4.29. The lowest BCUT2D eigenvalue weighted by atomic mass is 10.0. The van der Waals surface area contributed by atoms with Gasteiger partial charge in [-0.2, -0.15) is 4.98 Å². The summed E-state index contributed by atoms with van der Waals surface area (Å²) in [5, 5.41) is 0. The molecule has 9 nitrogen and oxygen atoms in total. The molecule has 2 saturated heterocycles. The van der Waals surface area contributed by atoms with Crippen LogP contribution in [-0.4, -0.2) is 28.9 Å². The van der Waals surface area contributed by atoms with Gasteiger partial charge in [0.15, 0.2) is 11.6 Å². The average Bonchev–Trinajstić information content (AvgIpc) is 2.76. The van der Waals surface area contributed by atoms with E-state index in [1.54, 1.807) is 0 Å². The van der Waals surface area contributed by atoms with Crippen LogP contribution in [0.4, 0.5) is 10.2 Å². The van der Waals surface area contributed by atoms with E-state index in [1.165, 1.54) is 0 Å². The summed E-state index contributed by atoms with van der Waals surface area (Å²) in [5.41, 5.74) is 4.47. The van der Waals surface area contributed by atoms with Crippen LogP contribution in [0.15, 0.2) is 11.0 Å². The van der Waals surface area contributed by atoms with E-state index in [9.17, 15) is 18.6 Å². The van der Waals surface area contributed by atoms with Crippen molar-refractivity contribution in [2.24, 2.45) is 5.92 Å². The molecule has 4 atom stereocenters. The number of aromatic nitrogens is 2. The predicted molar refractivity (Wildman–Crippen MR) is 64.4 cm³/mol. The second kappa shape index (κ2) is 5.15. The van der Waals surface area contributed by atoms with Crippen molar-refractivity contribution < 1.29 is 27.6 Å². The molecule has 21 heavy (non-hydrogen) atoms. The average molecular weight is 320 g/mol. The normalized spacial score (nSPS) is 36.2. The zero-order chi connectivity index (χ0) is 15.2. The van der Waals surface area contributed by atoms with E-state index < -0.39 is 37.5 Å². The summed E-state index contributed by atoms with van der Waals surface area (Å²) < 4.78 is 40.4. The van der Waals surface area contributed by atoms with E-state index in [0.29, 0.717) is 0 Å². The Labute approximate surface area is 118 Å². The molecule has 3 rings (SSSR count). The topological polar surface area (TPSA) is 129 Å². The highest BCUT2D eigenvalue weighted by atomic mass is 31.2. The Morgan fingerprint density at radius 2 is 2.19 bits per heavy atom. The van der Waals surface area contributed by atoms with E-state index in [4.69, 9.17) is 10.5 Å². The van der Waals surface area contributed by atoms with Crippen molar-refractivity contribution in [3.63, 3.8) is 0 Å². The highest BCUT2D eigenvalue weighted by Crippen LogP contribution is 2.46. The minimum atomic E-state index is -4.29. The minimum Gasteiger partial charge on any atom is -0.756 e. The summed E-state index contributed by atoms with van der Waals surface area (Å²) in [5.74, 6) is -1.60. The maximum absolute atomic E-state index is 13.4. The van der Waals surface area contributed by atoms with Crippen molar-refractivity contribution in [2.75, 3.05) is 18.9 Å². The van der Waals surface area contributed by atoms with Crippen LogP contribution in [0.2, 0.25) is 0 Å². The van der Waals surface area contributed by atoms with E-state index in [1.807, 2.05) is 0 Å². The van der Waals surface area contributed by atoms with Crippen LogP contribution in [0.1, 0.15) is 12.6 Å². The first-order valence-corrected chi connectivity index (χ1v) is 7.61. The number of hydrogen-bond donors (Lipinski definition) is 1. The summed E-state index contributed by atoms with van der Waals surface area (Å²) in [6.45, 7) is -0.316. The van der Waals surface area contributed by atoms with Crippen LogP contribution in [0.25, 0.3) is 0 Å². The van der Waals surface area contributed by atoms with E-state index in [2.05, 4.69) is 14.0 Å². The zero-order valence-electron chi connectivity index (χ0n) is 10.7. The second-order valence-electron chi connectivity index (χ2n) is 4.83. The lowest BCUT2D eigenvalue weighted by Crippen LogP contribution is -2.29. The fourth-order valence-corrected chi connectivity index (χ4v) is 3.14. The molecule has 0 saturated carbocycles. The van der Waals surface area contributed by atoms with Crippen molar-refractivity contribution in [3.8, 4) is 0 Å². The van der Waals surface area contributed by atoms with Gasteiger partial charge in [-0.25, -0.2) is 9.18 Å². The minimum absolute atomic E-state index is 0.110. The third-order valence-electron chi connectivity index (χ3n) is 3.45. The van der Waals surface area contributed by atoms with Gasteiger partial charge in [-0.3, -0.25) is 9.13 Å². The summed E-state index contributed by atoms with van der Waals surface area (Å²) in [6, 6.07) is 0. The molecule has 11 heteroatoms. The van der Waals surface area contributed by atoms with E-state index >= 15 is 0 Å². The largest absolute Gasteiger partial charge is 0.756 e.